The summed E-state index contributed by atoms with van der Waals surface area (Å²) in [5.41, 5.74) is 1.85. The molecule has 0 saturated heterocycles. The Balaban J connectivity index is 1.47. The standard InChI is InChI=1S/C19H15ClN4O3S2/c1-26-14-6-4-11(8-15(14)27-2)21-18-23-13(9-28-18)17(25)24-19-22-12-5-3-10(20)7-16(12)29-19/h3-9H,1-2H3,(H,21,23)(H,22,24,25). The number of rotatable bonds is 6. The van der Waals surface area contributed by atoms with E-state index in [0.717, 1.165) is 15.9 Å². The van der Waals surface area contributed by atoms with Gasteiger partial charge >= 0.3 is 0 Å². The van der Waals surface area contributed by atoms with Gasteiger partial charge in [-0.15, -0.1) is 11.3 Å². The summed E-state index contributed by atoms with van der Waals surface area (Å²) in [7, 11) is 3.15. The SMILES string of the molecule is COc1ccc(Nc2nc(C(=O)Nc3nc4ccc(Cl)cc4s3)cs2)cc1OC. The molecule has 148 valence electrons. The number of amides is 1. The number of fused-ring (bicyclic) bond motifs is 1. The lowest BCUT2D eigenvalue weighted by atomic mass is 10.3. The first-order chi connectivity index (χ1) is 14.1. The summed E-state index contributed by atoms with van der Waals surface area (Å²) in [5.74, 6) is 0.907. The number of carbonyl (C=O) groups is 1. The van der Waals surface area contributed by atoms with E-state index in [2.05, 4.69) is 20.6 Å². The van der Waals surface area contributed by atoms with Gasteiger partial charge in [-0.1, -0.05) is 22.9 Å². The van der Waals surface area contributed by atoms with E-state index < -0.39 is 0 Å². The number of aromatic nitrogens is 2. The maximum absolute atomic E-state index is 12.5. The van der Waals surface area contributed by atoms with Crippen molar-refractivity contribution in [2.24, 2.45) is 0 Å². The monoisotopic (exact) mass is 446 g/mol. The highest BCUT2D eigenvalue weighted by atomic mass is 35.5. The Morgan fingerprint density at radius 3 is 2.66 bits per heavy atom. The van der Waals surface area contributed by atoms with Gasteiger partial charge in [0.15, 0.2) is 21.8 Å². The summed E-state index contributed by atoms with van der Waals surface area (Å²) >= 11 is 8.68. The number of benzene rings is 2. The topological polar surface area (TPSA) is 85.4 Å². The van der Waals surface area contributed by atoms with Gasteiger partial charge in [0, 0.05) is 22.2 Å². The first kappa shape index (κ1) is 19.4. The molecule has 0 aliphatic carbocycles. The molecule has 0 saturated carbocycles. The molecule has 1 amide bonds. The summed E-state index contributed by atoms with van der Waals surface area (Å²) in [6.45, 7) is 0. The Bertz CT molecular complexity index is 1190. The van der Waals surface area contributed by atoms with Crippen molar-refractivity contribution in [3.8, 4) is 11.5 Å². The van der Waals surface area contributed by atoms with Crippen molar-refractivity contribution >= 4 is 66.3 Å². The Labute approximate surface area is 179 Å². The van der Waals surface area contributed by atoms with Crippen molar-refractivity contribution in [1.29, 1.82) is 0 Å². The molecule has 0 fully saturated rings. The second kappa shape index (κ2) is 8.24. The molecule has 29 heavy (non-hydrogen) atoms. The van der Waals surface area contributed by atoms with Gasteiger partial charge in [0.05, 0.1) is 24.4 Å². The van der Waals surface area contributed by atoms with Crippen molar-refractivity contribution in [3.05, 3.63) is 52.5 Å². The van der Waals surface area contributed by atoms with E-state index in [0.29, 0.717) is 32.5 Å². The molecule has 7 nitrogen and oxygen atoms in total. The zero-order valence-electron chi connectivity index (χ0n) is 15.4. The minimum absolute atomic E-state index is 0.301. The van der Waals surface area contributed by atoms with Gasteiger partial charge in [-0.05, 0) is 30.3 Å². The third-order valence-electron chi connectivity index (χ3n) is 3.94. The van der Waals surface area contributed by atoms with E-state index in [1.54, 1.807) is 37.8 Å². The van der Waals surface area contributed by atoms with E-state index in [1.807, 2.05) is 18.2 Å². The average molecular weight is 447 g/mol. The van der Waals surface area contributed by atoms with Gasteiger partial charge in [0.25, 0.3) is 5.91 Å². The van der Waals surface area contributed by atoms with Crippen LogP contribution in [0, 0.1) is 0 Å². The lowest BCUT2D eigenvalue weighted by Crippen LogP contribution is -2.12. The minimum Gasteiger partial charge on any atom is -0.493 e. The lowest BCUT2D eigenvalue weighted by Gasteiger charge is -2.09. The number of nitrogens with one attached hydrogen (secondary N) is 2. The quantitative estimate of drug-likeness (QED) is 0.411. The van der Waals surface area contributed by atoms with Gasteiger partial charge in [0.2, 0.25) is 0 Å². The molecule has 2 heterocycles. The number of carbonyl (C=O) groups excluding carboxylic acids is 1. The minimum atomic E-state index is -0.327. The van der Waals surface area contributed by atoms with Crippen LogP contribution in [-0.4, -0.2) is 30.1 Å². The maximum atomic E-state index is 12.5. The van der Waals surface area contributed by atoms with Crippen LogP contribution < -0.4 is 20.1 Å². The molecule has 10 heteroatoms. The smallest absolute Gasteiger partial charge is 0.276 e. The summed E-state index contributed by atoms with van der Waals surface area (Å²) in [4.78, 5) is 21.3. The molecule has 0 radical (unpaired) electrons. The van der Waals surface area contributed by atoms with Gasteiger partial charge in [-0.2, -0.15) is 0 Å². The number of thiazole rings is 2. The highest BCUT2D eigenvalue weighted by molar-refractivity contribution is 7.22. The molecular formula is C19H15ClN4O3S2. The van der Waals surface area contributed by atoms with Crippen LogP contribution in [0.5, 0.6) is 11.5 Å². The molecule has 0 unspecified atom stereocenters. The second-order valence-corrected chi connectivity index (χ2v) is 8.14. The van der Waals surface area contributed by atoms with Crippen molar-refractivity contribution in [2.75, 3.05) is 24.9 Å². The van der Waals surface area contributed by atoms with Crippen molar-refractivity contribution < 1.29 is 14.3 Å². The maximum Gasteiger partial charge on any atom is 0.276 e. The molecular weight excluding hydrogens is 432 g/mol. The van der Waals surface area contributed by atoms with Crippen molar-refractivity contribution in [3.63, 3.8) is 0 Å². The average Bonchev–Trinajstić information content (AvgIpc) is 3.34. The third-order valence-corrected chi connectivity index (χ3v) is 5.87. The molecule has 2 aromatic heterocycles. The van der Waals surface area contributed by atoms with E-state index in [9.17, 15) is 4.79 Å². The molecule has 0 spiro atoms. The van der Waals surface area contributed by atoms with E-state index in [-0.39, 0.29) is 5.91 Å². The zero-order valence-corrected chi connectivity index (χ0v) is 17.7. The predicted octanol–water partition coefficient (Wildman–Crippen LogP) is 5.42. The fraction of sp³-hybridized carbons (Fsp3) is 0.105. The molecule has 0 atom stereocenters. The van der Waals surface area contributed by atoms with E-state index in [1.165, 1.54) is 22.7 Å². The number of hydrogen-bond donors (Lipinski definition) is 2. The zero-order chi connectivity index (χ0) is 20.4. The second-order valence-electron chi connectivity index (χ2n) is 5.82. The number of nitrogens with zero attached hydrogens (tertiary/aromatic N) is 2. The van der Waals surface area contributed by atoms with Gasteiger partial charge < -0.3 is 14.8 Å². The van der Waals surface area contributed by atoms with Crippen LogP contribution in [0.25, 0.3) is 10.2 Å². The number of ether oxygens (including phenoxy) is 2. The summed E-state index contributed by atoms with van der Waals surface area (Å²) < 4.78 is 11.4. The van der Waals surface area contributed by atoms with Crippen LogP contribution in [0.1, 0.15) is 10.5 Å². The Morgan fingerprint density at radius 1 is 1.03 bits per heavy atom. The van der Waals surface area contributed by atoms with Crippen LogP contribution in [-0.2, 0) is 0 Å². The first-order valence-corrected chi connectivity index (χ1v) is 10.4. The van der Waals surface area contributed by atoms with Crippen molar-refractivity contribution in [1.82, 2.24) is 9.97 Å². The summed E-state index contributed by atoms with van der Waals surface area (Å²) in [5, 5.41) is 9.33. The summed E-state index contributed by atoms with van der Waals surface area (Å²) in [6, 6.07) is 10.8. The van der Waals surface area contributed by atoms with Crippen LogP contribution in [0.4, 0.5) is 16.0 Å². The molecule has 0 aliphatic heterocycles. The lowest BCUT2D eigenvalue weighted by molar-refractivity contribution is 0.102. The molecule has 4 rings (SSSR count). The Morgan fingerprint density at radius 2 is 1.86 bits per heavy atom. The predicted molar refractivity (Wildman–Crippen MR) is 118 cm³/mol. The Hall–Kier alpha value is -2.88. The van der Waals surface area contributed by atoms with Gasteiger partial charge in [-0.3, -0.25) is 10.1 Å². The normalized spacial score (nSPS) is 10.7. The highest BCUT2D eigenvalue weighted by Crippen LogP contribution is 2.32. The van der Waals surface area contributed by atoms with Crippen LogP contribution in [0.2, 0.25) is 5.02 Å². The van der Waals surface area contributed by atoms with Crippen molar-refractivity contribution in [2.45, 2.75) is 0 Å². The molecule has 0 aliphatic rings. The molecule has 4 aromatic rings. The van der Waals surface area contributed by atoms with Gasteiger partial charge in [0.1, 0.15) is 5.69 Å². The van der Waals surface area contributed by atoms with Crippen LogP contribution in [0.3, 0.4) is 0 Å². The first-order valence-electron chi connectivity index (χ1n) is 8.38. The third kappa shape index (κ3) is 4.26. The summed E-state index contributed by atoms with van der Waals surface area (Å²) in [6.07, 6.45) is 0. The van der Waals surface area contributed by atoms with E-state index >= 15 is 0 Å². The van der Waals surface area contributed by atoms with E-state index in [4.69, 9.17) is 21.1 Å². The number of methoxy groups -OCH3 is 2. The van der Waals surface area contributed by atoms with Gasteiger partial charge in [-0.25, -0.2) is 9.97 Å². The number of anilines is 3. The Kier molecular flexibility index (Phi) is 5.52. The highest BCUT2D eigenvalue weighted by Gasteiger charge is 2.14. The van der Waals surface area contributed by atoms with Crippen LogP contribution >= 0.6 is 34.3 Å². The molecule has 2 aromatic carbocycles. The van der Waals surface area contributed by atoms with Crippen LogP contribution in [0.15, 0.2) is 41.8 Å². The largest absolute Gasteiger partial charge is 0.493 e. The molecule has 0 bridgehead atoms. The fourth-order valence-corrected chi connectivity index (χ4v) is 4.43. The molecule has 2 N–H and O–H groups in total. The number of halogens is 1. The fourth-order valence-electron chi connectivity index (χ4n) is 2.59. The number of hydrogen-bond acceptors (Lipinski definition) is 8.